The summed E-state index contributed by atoms with van der Waals surface area (Å²) in [7, 11) is 0. The standard InChI is InChI=1S/C32H30ClNO4/c1-21-27(23-11-14-26(33)15-12-23)16-13-25-18-32(31(36)37,19-28(21)25)34-30(35)17-24-9-5-6-10-29(24)38-20-22-7-3-2-4-8-22/h2-16,21,28H,17-20H2,1H3,(H,34,35)(H,36,37). The van der Waals surface area contributed by atoms with E-state index in [1.807, 2.05) is 84.9 Å². The largest absolute Gasteiger partial charge is 0.489 e. The number of hydrogen-bond acceptors (Lipinski definition) is 3. The number of aliphatic carboxylic acids is 1. The Kier molecular flexibility index (Phi) is 7.39. The van der Waals surface area contributed by atoms with Crippen LogP contribution in [0, 0.1) is 11.8 Å². The second kappa shape index (κ2) is 10.9. The average molecular weight is 528 g/mol. The second-order valence-corrected chi connectivity index (χ2v) is 10.6. The fraction of sp³-hybridized carbons (Fsp3) is 0.250. The number of fused-ring (bicyclic) bond motifs is 1. The first kappa shape index (κ1) is 25.8. The number of carbonyl (C=O) groups is 2. The highest BCUT2D eigenvalue weighted by Crippen LogP contribution is 2.49. The van der Waals surface area contributed by atoms with Gasteiger partial charge in [-0.05, 0) is 53.2 Å². The Balaban J connectivity index is 1.29. The first-order valence-electron chi connectivity index (χ1n) is 12.8. The van der Waals surface area contributed by atoms with E-state index in [1.54, 1.807) is 0 Å². The molecule has 3 unspecified atom stereocenters. The highest BCUT2D eigenvalue weighted by Gasteiger charge is 2.51. The summed E-state index contributed by atoms with van der Waals surface area (Å²) in [6.07, 6.45) is 4.77. The normalized spacial score (nSPS) is 22.2. The summed E-state index contributed by atoms with van der Waals surface area (Å²) in [5.74, 6) is -0.579. The van der Waals surface area contributed by atoms with Crippen LogP contribution in [-0.2, 0) is 22.6 Å². The lowest BCUT2D eigenvalue weighted by molar-refractivity contribution is -0.147. The van der Waals surface area contributed by atoms with Crippen LogP contribution in [0.5, 0.6) is 5.75 Å². The van der Waals surface area contributed by atoms with E-state index < -0.39 is 11.5 Å². The van der Waals surface area contributed by atoms with E-state index in [4.69, 9.17) is 16.3 Å². The zero-order chi connectivity index (χ0) is 26.7. The molecule has 0 spiro atoms. The van der Waals surface area contributed by atoms with E-state index in [1.165, 1.54) is 0 Å². The Morgan fingerprint density at radius 3 is 2.45 bits per heavy atom. The highest BCUT2D eigenvalue weighted by molar-refractivity contribution is 6.30. The molecule has 3 aromatic rings. The van der Waals surface area contributed by atoms with Gasteiger partial charge in [0.25, 0.3) is 0 Å². The Bertz CT molecular complexity index is 1400. The number of carbonyl (C=O) groups excluding carboxylic acids is 1. The molecule has 5 rings (SSSR count). The van der Waals surface area contributed by atoms with Crippen LogP contribution in [0.25, 0.3) is 5.57 Å². The second-order valence-electron chi connectivity index (χ2n) is 10.1. The van der Waals surface area contributed by atoms with Crippen molar-refractivity contribution in [1.82, 2.24) is 5.32 Å². The van der Waals surface area contributed by atoms with E-state index in [-0.39, 0.29) is 24.2 Å². The molecule has 1 amide bonds. The number of hydrogen-bond donors (Lipinski definition) is 2. The number of carboxylic acid groups (broad SMARTS) is 1. The molecule has 0 aromatic heterocycles. The Labute approximate surface area is 227 Å². The van der Waals surface area contributed by atoms with Crippen molar-refractivity contribution in [3.63, 3.8) is 0 Å². The molecule has 2 aliphatic rings. The Morgan fingerprint density at radius 2 is 1.71 bits per heavy atom. The number of halogens is 1. The van der Waals surface area contributed by atoms with E-state index in [0.717, 1.165) is 27.8 Å². The van der Waals surface area contributed by atoms with E-state index in [2.05, 4.69) is 18.3 Å². The third kappa shape index (κ3) is 5.39. The minimum atomic E-state index is -1.34. The van der Waals surface area contributed by atoms with Crippen LogP contribution in [0.4, 0.5) is 0 Å². The summed E-state index contributed by atoms with van der Waals surface area (Å²) in [6, 6.07) is 24.9. The van der Waals surface area contributed by atoms with Crippen molar-refractivity contribution in [1.29, 1.82) is 0 Å². The molecule has 6 heteroatoms. The summed E-state index contributed by atoms with van der Waals surface area (Å²) in [4.78, 5) is 25.8. The first-order valence-corrected chi connectivity index (χ1v) is 13.2. The minimum Gasteiger partial charge on any atom is -0.489 e. The van der Waals surface area contributed by atoms with Gasteiger partial charge in [0.15, 0.2) is 0 Å². The lowest BCUT2D eigenvalue weighted by Gasteiger charge is -2.29. The highest BCUT2D eigenvalue weighted by atomic mass is 35.5. The van der Waals surface area contributed by atoms with Crippen molar-refractivity contribution in [3.8, 4) is 5.75 Å². The lowest BCUT2D eigenvalue weighted by Crippen LogP contribution is -2.53. The van der Waals surface area contributed by atoms with Gasteiger partial charge in [-0.3, -0.25) is 4.79 Å². The summed E-state index contributed by atoms with van der Waals surface area (Å²) in [6.45, 7) is 2.51. The molecule has 194 valence electrons. The van der Waals surface area contributed by atoms with Gasteiger partial charge < -0.3 is 15.2 Å². The molecular weight excluding hydrogens is 498 g/mol. The molecule has 3 aromatic carbocycles. The molecule has 1 fully saturated rings. The molecular formula is C32H30ClNO4. The monoisotopic (exact) mass is 527 g/mol. The number of amides is 1. The molecule has 0 aliphatic heterocycles. The van der Waals surface area contributed by atoms with Gasteiger partial charge in [0, 0.05) is 17.0 Å². The van der Waals surface area contributed by atoms with Crippen molar-refractivity contribution in [2.75, 3.05) is 0 Å². The van der Waals surface area contributed by atoms with E-state index in [9.17, 15) is 14.7 Å². The van der Waals surface area contributed by atoms with Crippen LogP contribution in [0.15, 0.2) is 96.6 Å². The van der Waals surface area contributed by atoms with Gasteiger partial charge in [0.05, 0.1) is 6.42 Å². The molecule has 0 saturated heterocycles. The smallest absolute Gasteiger partial charge is 0.329 e. The number of carboxylic acids is 1. The summed E-state index contributed by atoms with van der Waals surface area (Å²) >= 11 is 6.07. The van der Waals surface area contributed by atoms with Crippen molar-refractivity contribution >= 4 is 29.1 Å². The van der Waals surface area contributed by atoms with Gasteiger partial charge in [-0.25, -0.2) is 4.79 Å². The fourth-order valence-electron chi connectivity index (χ4n) is 5.63. The number of nitrogens with one attached hydrogen (secondary N) is 1. The molecule has 38 heavy (non-hydrogen) atoms. The predicted octanol–water partition coefficient (Wildman–Crippen LogP) is 6.47. The predicted molar refractivity (Wildman–Crippen MR) is 149 cm³/mol. The van der Waals surface area contributed by atoms with Gasteiger partial charge in [-0.15, -0.1) is 0 Å². The Hall–Kier alpha value is -3.83. The quantitative estimate of drug-likeness (QED) is 0.352. The summed E-state index contributed by atoms with van der Waals surface area (Å²) in [5, 5.41) is 13.9. The zero-order valence-corrected chi connectivity index (χ0v) is 21.9. The maximum absolute atomic E-state index is 13.2. The van der Waals surface area contributed by atoms with Crippen LogP contribution in [-0.4, -0.2) is 22.5 Å². The van der Waals surface area contributed by atoms with Crippen LogP contribution in [0.1, 0.15) is 36.5 Å². The molecule has 5 nitrogen and oxygen atoms in total. The molecule has 0 heterocycles. The number of rotatable bonds is 8. The van der Waals surface area contributed by atoms with Crippen LogP contribution in [0.3, 0.4) is 0 Å². The topological polar surface area (TPSA) is 75.6 Å². The number of allylic oxidation sites excluding steroid dienone is 3. The minimum absolute atomic E-state index is 0.0311. The van der Waals surface area contributed by atoms with Crippen molar-refractivity contribution < 1.29 is 19.4 Å². The maximum atomic E-state index is 13.2. The number of para-hydroxylation sites is 1. The SMILES string of the molecule is CC1C(c2ccc(Cl)cc2)=CC=C2CC(NC(=O)Cc3ccccc3OCc3ccccc3)(C(=O)O)CC21. The van der Waals surface area contributed by atoms with E-state index >= 15 is 0 Å². The molecule has 1 saturated carbocycles. The third-order valence-corrected chi connectivity index (χ3v) is 7.90. The first-order chi connectivity index (χ1) is 18.3. The van der Waals surface area contributed by atoms with Crippen molar-refractivity contribution in [3.05, 3.63) is 118 Å². The third-order valence-electron chi connectivity index (χ3n) is 7.65. The van der Waals surface area contributed by atoms with Crippen LogP contribution in [0.2, 0.25) is 5.02 Å². The summed E-state index contributed by atoms with van der Waals surface area (Å²) in [5.41, 5.74) is 3.68. The molecule has 2 aliphatic carbocycles. The van der Waals surface area contributed by atoms with Crippen LogP contribution < -0.4 is 10.1 Å². The lowest BCUT2D eigenvalue weighted by atomic mass is 9.77. The van der Waals surface area contributed by atoms with Gasteiger partial charge in [0.2, 0.25) is 5.91 Å². The van der Waals surface area contributed by atoms with Crippen LogP contribution >= 0.6 is 11.6 Å². The molecule has 0 radical (unpaired) electrons. The fourth-order valence-corrected chi connectivity index (χ4v) is 5.75. The Morgan fingerprint density at radius 1 is 1.00 bits per heavy atom. The zero-order valence-electron chi connectivity index (χ0n) is 21.2. The molecule has 3 atom stereocenters. The average Bonchev–Trinajstić information content (AvgIpc) is 3.30. The molecule has 0 bridgehead atoms. The van der Waals surface area contributed by atoms with Gasteiger partial charge in [-0.1, -0.05) is 96.9 Å². The maximum Gasteiger partial charge on any atom is 0.329 e. The van der Waals surface area contributed by atoms with Crippen molar-refractivity contribution in [2.24, 2.45) is 11.8 Å². The number of ether oxygens (including phenoxy) is 1. The summed E-state index contributed by atoms with van der Waals surface area (Å²) < 4.78 is 6.00. The van der Waals surface area contributed by atoms with Gasteiger partial charge in [-0.2, -0.15) is 0 Å². The number of benzene rings is 3. The van der Waals surface area contributed by atoms with E-state index in [0.29, 0.717) is 30.2 Å². The van der Waals surface area contributed by atoms with Gasteiger partial charge >= 0.3 is 5.97 Å². The van der Waals surface area contributed by atoms with Crippen molar-refractivity contribution in [2.45, 2.75) is 38.3 Å². The molecule has 2 N–H and O–H groups in total. The van der Waals surface area contributed by atoms with Gasteiger partial charge in [0.1, 0.15) is 17.9 Å².